The molecule has 0 fully saturated rings. The Morgan fingerprint density at radius 1 is 1.23 bits per heavy atom. The largest absolute Gasteiger partial charge is 0.497 e. The molecule has 26 heavy (non-hydrogen) atoms. The van der Waals surface area contributed by atoms with Gasteiger partial charge in [-0.25, -0.2) is 0 Å². The molecule has 2 aromatic carbocycles. The number of methoxy groups -OCH3 is 1. The Hall–Kier alpha value is -2.75. The molecule has 1 aromatic heterocycles. The van der Waals surface area contributed by atoms with E-state index < -0.39 is 0 Å². The molecule has 0 unspecified atom stereocenters. The van der Waals surface area contributed by atoms with Crippen LogP contribution >= 0.6 is 0 Å². The Morgan fingerprint density at radius 2 is 2.08 bits per heavy atom. The van der Waals surface area contributed by atoms with Gasteiger partial charge in [0, 0.05) is 23.0 Å². The lowest BCUT2D eigenvalue weighted by Gasteiger charge is -2.24. The highest BCUT2D eigenvalue weighted by atomic mass is 16.5. The minimum absolute atomic E-state index is 0.0698. The number of carbonyl (C=O) groups excluding carboxylic acids is 1. The fraction of sp³-hybridized carbons (Fsp3) is 0.318. The molecule has 0 bridgehead atoms. The van der Waals surface area contributed by atoms with E-state index in [1.807, 2.05) is 24.3 Å². The fourth-order valence-corrected chi connectivity index (χ4v) is 3.88. The summed E-state index contributed by atoms with van der Waals surface area (Å²) in [4.78, 5) is 16.0. The molecule has 4 nitrogen and oxygen atoms in total. The lowest BCUT2D eigenvalue weighted by atomic mass is 9.91. The molecular formula is C22H24N2O2. The number of hydrogen-bond donors (Lipinski definition) is 2. The maximum absolute atomic E-state index is 12.5. The van der Waals surface area contributed by atoms with Gasteiger partial charge in [-0.2, -0.15) is 0 Å². The molecule has 4 rings (SSSR count). The van der Waals surface area contributed by atoms with Crippen LogP contribution in [0.25, 0.3) is 10.9 Å². The Morgan fingerprint density at radius 3 is 2.88 bits per heavy atom. The summed E-state index contributed by atoms with van der Waals surface area (Å²) >= 11 is 0. The van der Waals surface area contributed by atoms with Crippen molar-refractivity contribution >= 4 is 16.8 Å². The van der Waals surface area contributed by atoms with Crippen LogP contribution in [0.1, 0.15) is 42.1 Å². The first-order chi connectivity index (χ1) is 12.7. The van der Waals surface area contributed by atoms with Crippen molar-refractivity contribution < 1.29 is 9.53 Å². The summed E-state index contributed by atoms with van der Waals surface area (Å²) in [5.41, 5.74) is 4.79. The maximum Gasteiger partial charge on any atom is 0.220 e. The highest BCUT2D eigenvalue weighted by Gasteiger charge is 2.25. The van der Waals surface area contributed by atoms with Crippen molar-refractivity contribution in [3.63, 3.8) is 0 Å². The van der Waals surface area contributed by atoms with Gasteiger partial charge in [0.25, 0.3) is 0 Å². The second-order valence-electron chi connectivity index (χ2n) is 6.93. The third kappa shape index (κ3) is 3.32. The SMILES string of the molecule is COc1ccc2[nH]c3c(c2c1)CCC[C@H]3NC(=O)CCc1ccccc1. The van der Waals surface area contributed by atoms with Crippen LogP contribution in [0.4, 0.5) is 0 Å². The zero-order valence-corrected chi connectivity index (χ0v) is 15.0. The van der Waals surface area contributed by atoms with Gasteiger partial charge in [0.15, 0.2) is 0 Å². The number of aromatic amines is 1. The van der Waals surface area contributed by atoms with Gasteiger partial charge in [-0.15, -0.1) is 0 Å². The topological polar surface area (TPSA) is 54.1 Å². The lowest BCUT2D eigenvalue weighted by Crippen LogP contribution is -2.31. The van der Waals surface area contributed by atoms with Crippen molar-refractivity contribution in [2.45, 2.75) is 38.1 Å². The predicted molar refractivity (Wildman–Crippen MR) is 103 cm³/mol. The molecule has 1 heterocycles. The van der Waals surface area contributed by atoms with Crippen LogP contribution in [0.5, 0.6) is 5.75 Å². The first-order valence-electron chi connectivity index (χ1n) is 9.26. The number of rotatable bonds is 5. The van der Waals surface area contributed by atoms with E-state index in [4.69, 9.17) is 4.74 Å². The normalized spacial score (nSPS) is 16.3. The third-order valence-electron chi connectivity index (χ3n) is 5.23. The highest BCUT2D eigenvalue weighted by Crippen LogP contribution is 2.36. The van der Waals surface area contributed by atoms with Crippen LogP contribution in [0, 0.1) is 0 Å². The summed E-state index contributed by atoms with van der Waals surface area (Å²) in [6.45, 7) is 0. The Bertz CT molecular complexity index is 915. The number of H-pyrrole nitrogens is 1. The number of ether oxygens (including phenoxy) is 1. The molecule has 2 N–H and O–H groups in total. The summed E-state index contributed by atoms with van der Waals surface area (Å²) in [6, 6.07) is 16.3. The molecule has 1 aliphatic rings. The average Bonchev–Trinajstić information content (AvgIpc) is 3.06. The number of nitrogens with one attached hydrogen (secondary N) is 2. The minimum Gasteiger partial charge on any atom is -0.497 e. The molecule has 134 valence electrons. The summed E-state index contributed by atoms with van der Waals surface area (Å²) in [7, 11) is 1.69. The monoisotopic (exact) mass is 348 g/mol. The molecule has 3 aromatic rings. The minimum atomic E-state index is 0.0698. The summed E-state index contributed by atoms with van der Waals surface area (Å²) in [6.07, 6.45) is 4.40. The van der Waals surface area contributed by atoms with Crippen LogP contribution < -0.4 is 10.1 Å². The summed E-state index contributed by atoms with van der Waals surface area (Å²) < 4.78 is 5.36. The molecule has 0 saturated carbocycles. The van der Waals surface area contributed by atoms with E-state index >= 15 is 0 Å². The van der Waals surface area contributed by atoms with Gasteiger partial charge < -0.3 is 15.0 Å². The first-order valence-corrected chi connectivity index (χ1v) is 9.26. The van der Waals surface area contributed by atoms with Crippen LogP contribution in [0.3, 0.4) is 0 Å². The molecule has 0 aliphatic heterocycles. The maximum atomic E-state index is 12.5. The van der Waals surface area contributed by atoms with E-state index in [9.17, 15) is 4.79 Å². The zero-order chi connectivity index (χ0) is 17.9. The number of aryl methyl sites for hydroxylation is 2. The number of amides is 1. The zero-order valence-electron chi connectivity index (χ0n) is 15.0. The van der Waals surface area contributed by atoms with Crippen molar-refractivity contribution in [3.05, 3.63) is 65.4 Å². The van der Waals surface area contributed by atoms with Crippen LogP contribution in [0.2, 0.25) is 0 Å². The van der Waals surface area contributed by atoms with Crippen molar-refractivity contribution in [1.29, 1.82) is 0 Å². The molecule has 1 amide bonds. The molecule has 0 saturated heterocycles. The van der Waals surface area contributed by atoms with Gasteiger partial charge in [0.1, 0.15) is 5.75 Å². The Kier molecular flexibility index (Phi) is 4.65. The standard InChI is InChI=1S/C22H24N2O2/c1-26-16-11-12-19-18(14-16)17-8-5-9-20(22(17)24-19)23-21(25)13-10-15-6-3-2-4-7-15/h2-4,6-7,11-12,14,20,24H,5,8-10,13H2,1H3,(H,23,25)/t20-/m1/s1. The smallest absolute Gasteiger partial charge is 0.220 e. The van der Waals surface area contributed by atoms with Gasteiger partial charge in [0.2, 0.25) is 5.91 Å². The van der Waals surface area contributed by atoms with Gasteiger partial charge >= 0.3 is 0 Å². The number of aromatic nitrogens is 1. The van der Waals surface area contributed by atoms with Gasteiger partial charge in [0.05, 0.1) is 13.2 Å². The van der Waals surface area contributed by atoms with E-state index in [1.165, 1.54) is 16.5 Å². The van der Waals surface area contributed by atoms with Crippen LogP contribution in [-0.2, 0) is 17.6 Å². The summed E-state index contributed by atoms with van der Waals surface area (Å²) in [5, 5.41) is 4.44. The van der Waals surface area contributed by atoms with Crippen molar-refractivity contribution in [2.24, 2.45) is 0 Å². The molecule has 0 radical (unpaired) electrons. The van der Waals surface area contributed by atoms with E-state index in [1.54, 1.807) is 7.11 Å². The van der Waals surface area contributed by atoms with Crippen LogP contribution in [0.15, 0.2) is 48.5 Å². The summed E-state index contributed by atoms with van der Waals surface area (Å²) in [5.74, 6) is 0.983. The molecule has 4 heteroatoms. The fourth-order valence-electron chi connectivity index (χ4n) is 3.88. The average molecular weight is 348 g/mol. The predicted octanol–water partition coefficient (Wildman–Crippen LogP) is 4.30. The van der Waals surface area contributed by atoms with Crippen molar-refractivity contribution in [1.82, 2.24) is 10.3 Å². The van der Waals surface area contributed by atoms with Gasteiger partial charge in [-0.1, -0.05) is 30.3 Å². The van der Waals surface area contributed by atoms with E-state index in [2.05, 4.69) is 34.6 Å². The highest BCUT2D eigenvalue weighted by molar-refractivity contribution is 5.87. The Balaban J connectivity index is 1.49. The first kappa shape index (κ1) is 16.7. The Labute approximate surface area is 153 Å². The molecule has 0 spiro atoms. The van der Waals surface area contributed by atoms with E-state index in [0.717, 1.165) is 42.6 Å². The molecule has 1 aliphatic carbocycles. The van der Waals surface area contributed by atoms with E-state index in [-0.39, 0.29) is 11.9 Å². The number of hydrogen-bond acceptors (Lipinski definition) is 2. The van der Waals surface area contributed by atoms with Crippen molar-refractivity contribution in [3.8, 4) is 5.75 Å². The second-order valence-corrected chi connectivity index (χ2v) is 6.93. The quantitative estimate of drug-likeness (QED) is 0.722. The van der Waals surface area contributed by atoms with E-state index in [0.29, 0.717) is 6.42 Å². The lowest BCUT2D eigenvalue weighted by molar-refractivity contribution is -0.121. The van der Waals surface area contributed by atoms with Crippen molar-refractivity contribution in [2.75, 3.05) is 7.11 Å². The van der Waals surface area contributed by atoms with Gasteiger partial charge in [-0.05, 0) is 55.0 Å². The molecular weight excluding hydrogens is 324 g/mol. The van der Waals surface area contributed by atoms with Crippen LogP contribution in [-0.4, -0.2) is 18.0 Å². The number of carbonyl (C=O) groups is 1. The third-order valence-corrected chi connectivity index (χ3v) is 5.23. The molecule has 1 atom stereocenters. The van der Waals surface area contributed by atoms with Gasteiger partial charge in [-0.3, -0.25) is 4.79 Å². The number of benzene rings is 2. The second kappa shape index (κ2) is 7.24. The number of fused-ring (bicyclic) bond motifs is 3.